The van der Waals surface area contributed by atoms with Crippen LogP contribution in [0.1, 0.15) is 16.4 Å². The van der Waals surface area contributed by atoms with E-state index < -0.39 is 11.7 Å². The van der Waals surface area contributed by atoms with Crippen LogP contribution in [0.3, 0.4) is 0 Å². The predicted octanol–water partition coefficient (Wildman–Crippen LogP) is 2.37. The van der Waals surface area contributed by atoms with Crippen LogP contribution in [0, 0.1) is 12.7 Å². The fraction of sp³-hybridized carbons (Fsp3) is 0.0909. The van der Waals surface area contributed by atoms with E-state index in [0.29, 0.717) is 11.4 Å². The van der Waals surface area contributed by atoms with E-state index in [9.17, 15) is 9.18 Å². The molecule has 4 nitrogen and oxygen atoms in total. The van der Waals surface area contributed by atoms with Crippen molar-refractivity contribution in [2.45, 2.75) is 6.92 Å². The second kappa shape index (κ2) is 4.14. The van der Waals surface area contributed by atoms with Gasteiger partial charge in [0.1, 0.15) is 11.6 Å². The minimum Gasteiger partial charge on any atom is -0.438 e. The largest absolute Gasteiger partial charge is 0.438 e. The van der Waals surface area contributed by atoms with Gasteiger partial charge in [0.15, 0.2) is 0 Å². The number of anilines is 1. The fourth-order valence-electron chi connectivity index (χ4n) is 1.21. The Balaban J connectivity index is 2.13. The van der Waals surface area contributed by atoms with E-state index in [1.54, 1.807) is 13.0 Å². The van der Waals surface area contributed by atoms with E-state index in [4.69, 9.17) is 4.42 Å². The van der Waals surface area contributed by atoms with Crippen molar-refractivity contribution in [2.75, 3.05) is 5.32 Å². The van der Waals surface area contributed by atoms with Crippen molar-refractivity contribution in [1.29, 1.82) is 0 Å². The average molecular weight is 220 g/mol. The molecule has 1 aromatic heterocycles. The van der Waals surface area contributed by atoms with Crippen molar-refractivity contribution in [3.8, 4) is 0 Å². The Morgan fingerprint density at radius 2 is 2.31 bits per heavy atom. The molecular formula is C11H9FN2O2. The first-order valence-electron chi connectivity index (χ1n) is 4.64. The highest BCUT2D eigenvalue weighted by Crippen LogP contribution is 2.11. The number of nitrogens with zero attached hydrogens (tertiary/aromatic N) is 1. The Morgan fingerprint density at radius 3 is 2.94 bits per heavy atom. The number of amides is 1. The summed E-state index contributed by atoms with van der Waals surface area (Å²) < 4.78 is 17.9. The molecule has 0 fully saturated rings. The van der Waals surface area contributed by atoms with Crippen molar-refractivity contribution in [3.05, 3.63) is 47.9 Å². The van der Waals surface area contributed by atoms with Gasteiger partial charge in [-0.3, -0.25) is 4.79 Å². The highest BCUT2D eigenvalue weighted by atomic mass is 19.1. The molecule has 1 amide bonds. The molecule has 1 aromatic carbocycles. The number of benzene rings is 1. The van der Waals surface area contributed by atoms with E-state index in [1.165, 1.54) is 24.4 Å². The molecule has 2 rings (SSSR count). The van der Waals surface area contributed by atoms with E-state index in [-0.39, 0.29) is 5.89 Å². The predicted molar refractivity (Wildman–Crippen MR) is 55.6 cm³/mol. The minimum absolute atomic E-state index is 0.0400. The first-order chi connectivity index (χ1) is 7.65. The Morgan fingerprint density at radius 1 is 1.50 bits per heavy atom. The van der Waals surface area contributed by atoms with Crippen LogP contribution in [0.15, 0.2) is 34.9 Å². The number of oxazole rings is 1. The lowest BCUT2D eigenvalue weighted by Gasteiger charge is -2.01. The number of halogens is 1. The van der Waals surface area contributed by atoms with Crippen molar-refractivity contribution < 1.29 is 13.6 Å². The van der Waals surface area contributed by atoms with Gasteiger partial charge in [0.2, 0.25) is 0 Å². The zero-order chi connectivity index (χ0) is 11.5. The van der Waals surface area contributed by atoms with Gasteiger partial charge in [0.05, 0.1) is 6.20 Å². The molecular weight excluding hydrogens is 211 g/mol. The zero-order valence-corrected chi connectivity index (χ0v) is 8.53. The quantitative estimate of drug-likeness (QED) is 0.845. The molecule has 0 aliphatic carbocycles. The van der Waals surface area contributed by atoms with E-state index in [2.05, 4.69) is 10.3 Å². The van der Waals surface area contributed by atoms with E-state index >= 15 is 0 Å². The number of hydrogen-bond donors (Lipinski definition) is 1. The summed E-state index contributed by atoms with van der Waals surface area (Å²) in [6.45, 7) is 1.69. The number of carbonyl (C=O) groups excluding carboxylic acids is 1. The Labute approximate surface area is 91.1 Å². The van der Waals surface area contributed by atoms with Crippen molar-refractivity contribution >= 4 is 11.6 Å². The third-order valence-electron chi connectivity index (χ3n) is 1.90. The van der Waals surface area contributed by atoms with Crippen molar-refractivity contribution in [2.24, 2.45) is 0 Å². The van der Waals surface area contributed by atoms with Gasteiger partial charge < -0.3 is 9.73 Å². The summed E-state index contributed by atoms with van der Waals surface area (Å²) in [4.78, 5) is 15.3. The lowest BCUT2D eigenvalue weighted by atomic mass is 10.3. The normalized spacial score (nSPS) is 10.1. The summed E-state index contributed by atoms with van der Waals surface area (Å²) >= 11 is 0. The smallest absolute Gasteiger partial charge is 0.311 e. The number of rotatable bonds is 2. The van der Waals surface area contributed by atoms with Crippen LogP contribution in [-0.4, -0.2) is 10.9 Å². The summed E-state index contributed by atoms with van der Waals surface area (Å²) in [5.74, 6) is -0.411. The van der Waals surface area contributed by atoms with Crippen LogP contribution in [-0.2, 0) is 0 Å². The molecule has 2 aromatic rings. The third-order valence-corrected chi connectivity index (χ3v) is 1.90. The topological polar surface area (TPSA) is 55.1 Å². The first kappa shape index (κ1) is 10.4. The summed E-state index contributed by atoms with van der Waals surface area (Å²) in [5.41, 5.74) is 0.362. The fourth-order valence-corrected chi connectivity index (χ4v) is 1.21. The summed E-state index contributed by atoms with van der Waals surface area (Å²) in [6, 6.07) is 5.60. The van der Waals surface area contributed by atoms with Gasteiger partial charge in [-0.1, -0.05) is 6.07 Å². The maximum atomic E-state index is 12.8. The molecule has 0 saturated heterocycles. The lowest BCUT2D eigenvalue weighted by molar-refractivity contribution is 0.0989. The summed E-state index contributed by atoms with van der Waals surface area (Å²) in [6.07, 6.45) is 1.44. The van der Waals surface area contributed by atoms with E-state index in [1.807, 2.05) is 0 Å². The Kier molecular flexibility index (Phi) is 2.68. The van der Waals surface area contributed by atoms with Crippen LogP contribution in [0.4, 0.5) is 10.1 Å². The highest BCUT2D eigenvalue weighted by Gasteiger charge is 2.12. The monoisotopic (exact) mass is 220 g/mol. The van der Waals surface area contributed by atoms with Gasteiger partial charge >= 0.3 is 5.91 Å². The van der Waals surface area contributed by atoms with Crippen molar-refractivity contribution in [3.63, 3.8) is 0 Å². The number of nitrogens with one attached hydrogen (secondary N) is 1. The molecule has 0 bridgehead atoms. The maximum absolute atomic E-state index is 12.8. The second-order valence-electron chi connectivity index (χ2n) is 3.24. The molecule has 1 heterocycles. The maximum Gasteiger partial charge on any atom is 0.311 e. The molecule has 0 spiro atoms. The van der Waals surface area contributed by atoms with Crippen molar-refractivity contribution in [1.82, 2.24) is 4.98 Å². The summed E-state index contributed by atoms with van der Waals surface area (Å²) in [5, 5.41) is 2.48. The first-order valence-corrected chi connectivity index (χ1v) is 4.64. The van der Waals surface area contributed by atoms with Gasteiger partial charge in [0, 0.05) is 5.69 Å². The van der Waals surface area contributed by atoms with Crippen LogP contribution < -0.4 is 5.32 Å². The minimum atomic E-state index is -0.501. The van der Waals surface area contributed by atoms with Crippen LogP contribution in [0.2, 0.25) is 0 Å². The number of carbonyl (C=O) groups is 1. The molecule has 0 saturated carbocycles. The SMILES string of the molecule is Cc1cnc(C(=O)Nc2cccc(F)c2)o1. The lowest BCUT2D eigenvalue weighted by Crippen LogP contribution is -2.12. The van der Waals surface area contributed by atoms with Gasteiger partial charge in [-0.2, -0.15) is 0 Å². The standard InChI is InChI=1S/C11H9FN2O2/c1-7-6-13-11(16-7)10(15)14-9-4-2-3-8(12)5-9/h2-6H,1H3,(H,14,15). The molecule has 5 heteroatoms. The summed E-state index contributed by atoms with van der Waals surface area (Å²) in [7, 11) is 0. The van der Waals surface area contributed by atoms with Gasteiger partial charge in [-0.25, -0.2) is 9.37 Å². The number of aromatic nitrogens is 1. The number of aryl methyl sites for hydroxylation is 1. The van der Waals surface area contributed by atoms with Crippen LogP contribution in [0.5, 0.6) is 0 Å². The molecule has 0 unspecified atom stereocenters. The zero-order valence-electron chi connectivity index (χ0n) is 8.53. The molecule has 0 aliphatic rings. The molecule has 1 N–H and O–H groups in total. The Hall–Kier alpha value is -2.17. The molecule has 0 atom stereocenters. The molecule has 0 aliphatic heterocycles. The van der Waals surface area contributed by atoms with E-state index in [0.717, 1.165) is 0 Å². The molecule has 82 valence electrons. The average Bonchev–Trinajstić information content (AvgIpc) is 2.65. The van der Waals surface area contributed by atoms with Crippen LogP contribution >= 0.6 is 0 Å². The Bertz CT molecular complexity index is 522. The van der Waals surface area contributed by atoms with Gasteiger partial charge in [0.25, 0.3) is 5.89 Å². The number of hydrogen-bond acceptors (Lipinski definition) is 3. The third kappa shape index (κ3) is 2.25. The molecule has 16 heavy (non-hydrogen) atoms. The van der Waals surface area contributed by atoms with Gasteiger partial charge in [-0.15, -0.1) is 0 Å². The molecule has 0 radical (unpaired) electrons. The van der Waals surface area contributed by atoms with Gasteiger partial charge in [-0.05, 0) is 25.1 Å². The van der Waals surface area contributed by atoms with Crippen LogP contribution in [0.25, 0.3) is 0 Å². The highest BCUT2D eigenvalue weighted by molar-refractivity contribution is 6.00. The second-order valence-corrected chi connectivity index (χ2v) is 3.24.